The molecule has 174 valence electrons. The molecule has 1 N–H and O–H groups in total. The molecule has 0 aliphatic rings. The van der Waals surface area contributed by atoms with E-state index in [9.17, 15) is 4.79 Å². The first-order valence-electron chi connectivity index (χ1n) is 10.9. The third kappa shape index (κ3) is 4.88. The topological polar surface area (TPSA) is 74.6 Å². The molecule has 1 amide bonds. The molecule has 0 spiro atoms. The summed E-state index contributed by atoms with van der Waals surface area (Å²) >= 11 is 0. The zero-order chi connectivity index (χ0) is 23.9. The second kappa shape index (κ2) is 10.6. The highest BCUT2D eigenvalue weighted by molar-refractivity contribution is 6.00. The van der Waals surface area contributed by atoms with Crippen LogP contribution in [-0.2, 0) is 6.42 Å². The van der Waals surface area contributed by atoms with Crippen LogP contribution in [0.1, 0.15) is 15.9 Å². The lowest BCUT2D eigenvalue weighted by molar-refractivity contribution is 0.0954. The first kappa shape index (κ1) is 22.9. The number of nitrogens with one attached hydrogen (secondary N) is 1. The van der Waals surface area contributed by atoms with E-state index in [0.29, 0.717) is 30.0 Å². The van der Waals surface area contributed by atoms with Crippen LogP contribution in [0.3, 0.4) is 0 Å². The van der Waals surface area contributed by atoms with Gasteiger partial charge in [0.15, 0.2) is 0 Å². The number of benzene rings is 3. The first-order valence-corrected chi connectivity index (χ1v) is 10.9. The molecule has 1 heterocycles. The monoisotopic (exact) mass is 457 g/mol. The highest BCUT2D eigenvalue weighted by Gasteiger charge is 2.21. The Balaban J connectivity index is 1.61. The molecular formula is C27H27N3O4. The molecule has 0 saturated heterocycles. The number of amides is 1. The van der Waals surface area contributed by atoms with E-state index < -0.39 is 0 Å². The summed E-state index contributed by atoms with van der Waals surface area (Å²) in [6.45, 7) is 0.421. The number of para-hydroxylation sites is 2. The molecule has 0 aliphatic heterocycles. The van der Waals surface area contributed by atoms with Crippen LogP contribution in [0.5, 0.6) is 17.2 Å². The van der Waals surface area contributed by atoms with Crippen molar-refractivity contribution in [3.05, 3.63) is 90.1 Å². The average Bonchev–Trinajstić information content (AvgIpc) is 3.34. The minimum atomic E-state index is -0.218. The van der Waals surface area contributed by atoms with Crippen molar-refractivity contribution in [2.45, 2.75) is 6.42 Å². The summed E-state index contributed by atoms with van der Waals surface area (Å²) in [6, 6.07) is 22.8. The number of nitrogens with zero attached hydrogens (tertiary/aromatic N) is 2. The predicted octanol–water partition coefficient (Wildman–Crippen LogP) is 4.54. The van der Waals surface area contributed by atoms with E-state index in [0.717, 1.165) is 28.3 Å². The van der Waals surface area contributed by atoms with Crippen LogP contribution >= 0.6 is 0 Å². The summed E-state index contributed by atoms with van der Waals surface area (Å²) in [5, 5.41) is 7.76. The van der Waals surface area contributed by atoms with Gasteiger partial charge in [-0.25, -0.2) is 4.68 Å². The summed E-state index contributed by atoms with van der Waals surface area (Å²) in [7, 11) is 4.85. The van der Waals surface area contributed by atoms with E-state index in [1.165, 1.54) is 0 Å². The van der Waals surface area contributed by atoms with Crippen molar-refractivity contribution in [3.8, 4) is 34.2 Å². The number of carbonyl (C=O) groups excluding carboxylic acids is 1. The predicted molar refractivity (Wildman–Crippen MR) is 131 cm³/mol. The lowest BCUT2D eigenvalue weighted by atomic mass is 10.1. The van der Waals surface area contributed by atoms with Gasteiger partial charge in [-0.1, -0.05) is 30.3 Å². The molecule has 7 heteroatoms. The maximum atomic E-state index is 13.3. The average molecular weight is 458 g/mol. The third-order valence-corrected chi connectivity index (χ3v) is 5.51. The fourth-order valence-corrected chi connectivity index (χ4v) is 3.78. The minimum absolute atomic E-state index is 0.218. The molecule has 0 saturated carbocycles. The van der Waals surface area contributed by atoms with Gasteiger partial charge in [0.05, 0.1) is 32.6 Å². The van der Waals surface area contributed by atoms with Crippen LogP contribution in [0, 0.1) is 0 Å². The smallest absolute Gasteiger partial charge is 0.255 e. The quantitative estimate of drug-likeness (QED) is 0.400. The van der Waals surface area contributed by atoms with Crippen LogP contribution in [0.4, 0.5) is 0 Å². The van der Waals surface area contributed by atoms with E-state index in [4.69, 9.17) is 19.3 Å². The number of hydrogen-bond acceptors (Lipinski definition) is 5. The van der Waals surface area contributed by atoms with Crippen molar-refractivity contribution in [3.63, 3.8) is 0 Å². The molecule has 34 heavy (non-hydrogen) atoms. The van der Waals surface area contributed by atoms with E-state index in [-0.39, 0.29) is 5.91 Å². The molecule has 0 bridgehead atoms. The van der Waals surface area contributed by atoms with Gasteiger partial charge in [0.1, 0.15) is 22.9 Å². The molecule has 0 unspecified atom stereocenters. The summed E-state index contributed by atoms with van der Waals surface area (Å²) in [5.74, 6) is 1.92. The number of rotatable bonds is 9. The van der Waals surface area contributed by atoms with Crippen LogP contribution in [0.15, 0.2) is 79.0 Å². The van der Waals surface area contributed by atoms with Gasteiger partial charge in [0.2, 0.25) is 0 Å². The van der Waals surface area contributed by atoms with Gasteiger partial charge >= 0.3 is 0 Å². The second-order valence-electron chi connectivity index (χ2n) is 7.56. The number of ether oxygens (including phenoxy) is 3. The van der Waals surface area contributed by atoms with Crippen LogP contribution in [-0.4, -0.2) is 43.6 Å². The highest BCUT2D eigenvalue weighted by Crippen LogP contribution is 2.32. The van der Waals surface area contributed by atoms with Gasteiger partial charge in [0, 0.05) is 18.3 Å². The van der Waals surface area contributed by atoms with Gasteiger partial charge in [-0.05, 0) is 54.4 Å². The van der Waals surface area contributed by atoms with E-state index >= 15 is 0 Å². The molecule has 1 aromatic heterocycles. The maximum Gasteiger partial charge on any atom is 0.255 e. The number of hydrogen-bond donors (Lipinski definition) is 1. The number of methoxy groups -OCH3 is 3. The van der Waals surface area contributed by atoms with Crippen LogP contribution in [0.2, 0.25) is 0 Å². The Labute approximate surface area is 198 Å². The van der Waals surface area contributed by atoms with Gasteiger partial charge in [-0.2, -0.15) is 5.10 Å². The Morgan fingerprint density at radius 3 is 2.35 bits per heavy atom. The van der Waals surface area contributed by atoms with Gasteiger partial charge in [0.25, 0.3) is 5.91 Å². The fraction of sp³-hybridized carbons (Fsp3) is 0.185. The largest absolute Gasteiger partial charge is 0.497 e. The Bertz CT molecular complexity index is 1270. The van der Waals surface area contributed by atoms with Gasteiger partial charge in [-0.15, -0.1) is 0 Å². The number of aromatic nitrogens is 2. The lowest BCUT2D eigenvalue weighted by Gasteiger charge is -2.11. The SMILES string of the molecule is COc1ccc(OC)c(CCNC(=O)c2cn(-c3ccccc3)nc2-c2ccccc2OC)c1. The van der Waals surface area contributed by atoms with E-state index in [1.807, 2.05) is 72.8 Å². The molecule has 0 atom stereocenters. The molecular weight excluding hydrogens is 430 g/mol. The van der Waals surface area contributed by atoms with Crippen molar-refractivity contribution in [1.29, 1.82) is 0 Å². The summed E-state index contributed by atoms with van der Waals surface area (Å²) in [5.41, 5.74) is 3.58. The van der Waals surface area contributed by atoms with Crippen LogP contribution < -0.4 is 19.5 Å². The summed E-state index contributed by atoms with van der Waals surface area (Å²) < 4.78 is 18.0. The Morgan fingerprint density at radius 2 is 1.62 bits per heavy atom. The molecule has 0 fully saturated rings. The zero-order valence-electron chi connectivity index (χ0n) is 19.4. The molecule has 4 aromatic rings. The Hall–Kier alpha value is -4.26. The van der Waals surface area contributed by atoms with Gasteiger partial charge in [-0.3, -0.25) is 4.79 Å². The lowest BCUT2D eigenvalue weighted by Crippen LogP contribution is -2.26. The molecule has 0 radical (unpaired) electrons. The molecule has 0 aliphatic carbocycles. The van der Waals surface area contributed by atoms with Crippen molar-refractivity contribution < 1.29 is 19.0 Å². The summed E-state index contributed by atoms with van der Waals surface area (Å²) in [4.78, 5) is 13.3. The minimum Gasteiger partial charge on any atom is -0.497 e. The zero-order valence-corrected chi connectivity index (χ0v) is 19.4. The maximum absolute atomic E-state index is 13.3. The van der Waals surface area contributed by atoms with Gasteiger partial charge < -0.3 is 19.5 Å². The van der Waals surface area contributed by atoms with E-state index in [1.54, 1.807) is 32.2 Å². The third-order valence-electron chi connectivity index (χ3n) is 5.51. The standard InChI is InChI=1S/C27H27N3O4/c1-32-21-13-14-24(33-2)19(17-21)15-16-28-27(31)23-18-30(20-9-5-4-6-10-20)29-26(23)22-11-7-8-12-25(22)34-3/h4-14,17-18H,15-16H2,1-3H3,(H,28,31). The van der Waals surface area contributed by atoms with Crippen molar-refractivity contribution in [2.75, 3.05) is 27.9 Å². The first-order chi connectivity index (χ1) is 16.6. The second-order valence-corrected chi connectivity index (χ2v) is 7.56. The molecule has 7 nitrogen and oxygen atoms in total. The summed E-state index contributed by atoms with van der Waals surface area (Å²) in [6.07, 6.45) is 2.33. The molecule has 4 rings (SSSR count). The van der Waals surface area contributed by atoms with Crippen molar-refractivity contribution >= 4 is 5.91 Å². The molecule has 3 aromatic carbocycles. The van der Waals surface area contributed by atoms with E-state index in [2.05, 4.69) is 5.32 Å². The van der Waals surface area contributed by atoms with Crippen molar-refractivity contribution in [2.24, 2.45) is 0 Å². The fourth-order valence-electron chi connectivity index (χ4n) is 3.78. The Morgan fingerprint density at radius 1 is 0.882 bits per heavy atom. The Kier molecular flexibility index (Phi) is 7.13. The number of carbonyl (C=O) groups is 1. The van der Waals surface area contributed by atoms with Crippen LogP contribution in [0.25, 0.3) is 16.9 Å². The highest BCUT2D eigenvalue weighted by atomic mass is 16.5. The normalized spacial score (nSPS) is 10.6. The van der Waals surface area contributed by atoms with Crippen molar-refractivity contribution in [1.82, 2.24) is 15.1 Å².